The molecule has 0 unspecified atom stereocenters. The van der Waals surface area contributed by atoms with Crippen molar-refractivity contribution < 1.29 is 9.59 Å². The molecule has 1 heterocycles. The average Bonchev–Trinajstić information content (AvgIpc) is 2.64. The van der Waals surface area contributed by atoms with Crippen LogP contribution in [0.4, 0.5) is 11.4 Å². The fourth-order valence-corrected chi connectivity index (χ4v) is 3.61. The number of anilines is 2. The maximum atomic E-state index is 12.3. The van der Waals surface area contributed by atoms with E-state index >= 15 is 0 Å². The Labute approximate surface area is 151 Å². The number of hydrogen-bond acceptors (Lipinski definition) is 4. The number of carbonyl (C=O) groups is 2. The Balaban J connectivity index is 1.59. The van der Waals surface area contributed by atoms with Gasteiger partial charge in [-0.1, -0.05) is 24.3 Å². The van der Waals surface area contributed by atoms with Gasteiger partial charge in [-0.05, 0) is 29.8 Å². The van der Waals surface area contributed by atoms with Gasteiger partial charge in [0.2, 0.25) is 5.91 Å². The molecule has 25 heavy (non-hydrogen) atoms. The summed E-state index contributed by atoms with van der Waals surface area (Å²) in [5.41, 5.74) is 8.34. The number of thioether (sulfide) groups is 1. The van der Waals surface area contributed by atoms with Gasteiger partial charge < -0.3 is 16.0 Å². The second-order valence-corrected chi connectivity index (χ2v) is 7.13. The maximum absolute atomic E-state index is 12.3. The number of amides is 2. The van der Waals surface area contributed by atoms with Crippen LogP contribution >= 0.6 is 11.8 Å². The van der Waals surface area contributed by atoms with E-state index < -0.39 is 0 Å². The van der Waals surface area contributed by atoms with Crippen molar-refractivity contribution in [2.75, 3.05) is 35.6 Å². The largest absolute Gasteiger partial charge is 0.398 e. The molecule has 1 aliphatic heterocycles. The molecule has 5 nitrogen and oxygen atoms in total. The lowest BCUT2D eigenvalue weighted by Crippen LogP contribution is -2.38. The molecule has 2 aromatic rings. The Morgan fingerprint density at radius 2 is 1.72 bits per heavy atom. The summed E-state index contributed by atoms with van der Waals surface area (Å²) in [5.74, 6) is 1.94. The minimum atomic E-state index is -0.243. The van der Waals surface area contributed by atoms with Gasteiger partial charge in [-0.25, -0.2) is 0 Å². The van der Waals surface area contributed by atoms with Crippen molar-refractivity contribution in [1.29, 1.82) is 0 Å². The molecule has 0 atom stereocenters. The number of nitrogens with zero attached hydrogens (tertiary/aromatic N) is 1. The molecule has 0 bridgehead atoms. The van der Waals surface area contributed by atoms with E-state index in [4.69, 9.17) is 5.73 Å². The van der Waals surface area contributed by atoms with Gasteiger partial charge in [0, 0.05) is 36.0 Å². The lowest BCUT2D eigenvalue weighted by molar-refractivity contribution is -0.130. The zero-order chi connectivity index (χ0) is 17.6. The van der Waals surface area contributed by atoms with E-state index in [-0.39, 0.29) is 11.8 Å². The minimum Gasteiger partial charge on any atom is -0.398 e. The van der Waals surface area contributed by atoms with Crippen LogP contribution in [0.25, 0.3) is 0 Å². The highest BCUT2D eigenvalue weighted by molar-refractivity contribution is 7.99. The molecule has 0 spiro atoms. The standard InChI is InChI=1S/C19H21N3O2S/c20-17-4-2-1-3-16(17)19(24)21-15-7-5-14(6-8-15)13-18(23)22-9-11-25-12-10-22/h1-8H,9-13,20H2,(H,21,24). The number of rotatable bonds is 4. The molecule has 0 aromatic heterocycles. The van der Waals surface area contributed by atoms with Crippen molar-refractivity contribution in [2.24, 2.45) is 0 Å². The van der Waals surface area contributed by atoms with Gasteiger partial charge in [-0.2, -0.15) is 11.8 Å². The highest BCUT2D eigenvalue weighted by Gasteiger charge is 2.17. The van der Waals surface area contributed by atoms with Gasteiger partial charge in [-0.3, -0.25) is 9.59 Å². The topological polar surface area (TPSA) is 75.4 Å². The predicted octanol–water partition coefficient (Wildman–Crippen LogP) is 2.64. The molecular formula is C19H21N3O2S. The van der Waals surface area contributed by atoms with Crippen LogP contribution in [0, 0.1) is 0 Å². The molecule has 0 saturated carbocycles. The van der Waals surface area contributed by atoms with Crippen LogP contribution in [-0.2, 0) is 11.2 Å². The van der Waals surface area contributed by atoms with Gasteiger partial charge in [0.25, 0.3) is 5.91 Å². The summed E-state index contributed by atoms with van der Waals surface area (Å²) in [6.45, 7) is 1.66. The summed E-state index contributed by atoms with van der Waals surface area (Å²) in [5, 5.41) is 2.83. The molecule has 1 fully saturated rings. The first kappa shape index (κ1) is 17.4. The summed E-state index contributed by atoms with van der Waals surface area (Å²) < 4.78 is 0. The summed E-state index contributed by atoms with van der Waals surface area (Å²) in [6, 6.07) is 14.3. The van der Waals surface area contributed by atoms with Crippen LogP contribution in [-0.4, -0.2) is 41.3 Å². The molecule has 2 amide bonds. The second-order valence-electron chi connectivity index (χ2n) is 5.91. The fraction of sp³-hybridized carbons (Fsp3) is 0.263. The van der Waals surface area contributed by atoms with Crippen molar-refractivity contribution in [3.05, 3.63) is 59.7 Å². The number of nitrogen functional groups attached to an aromatic ring is 1. The van der Waals surface area contributed by atoms with Crippen LogP contribution < -0.4 is 11.1 Å². The first-order valence-electron chi connectivity index (χ1n) is 8.24. The molecule has 130 valence electrons. The summed E-state index contributed by atoms with van der Waals surface area (Å²) in [4.78, 5) is 26.5. The molecular weight excluding hydrogens is 334 g/mol. The molecule has 1 saturated heterocycles. The Morgan fingerprint density at radius 1 is 1.04 bits per heavy atom. The number of nitrogens with one attached hydrogen (secondary N) is 1. The van der Waals surface area contributed by atoms with E-state index in [1.165, 1.54) is 0 Å². The van der Waals surface area contributed by atoms with Crippen LogP contribution in [0.15, 0.2) is 48.5 Å². The van der Waals surface area contributed by atoms with E-state index in [2.05, 4.69) is 5.32 Å². The Morgan fingerprint density at radius 3 is 2.40 bits per heavy atom. The third-order valence-corrected chi connectivity index (χ3v) is 5.08. The van der Waals surface area contributed by atoms with Gasteiger partial charge in [0.15, 0.2) is 0 Å². The normalized spacial score (nSPS) is 14.2. The lowest BCUT2D eigenvalue weighted by Gasteiger charge is -2.26. The summed E-state index contributed by atoms with van der Waals surface area (Å²) in [6.07, 6.45) is 0.393. The predicted molar refractivity (Wildman–Crippen MR) is 103 cm³/mol. The molecule has 3 N–H and O–H groups in total. The van der Waals surface area contributed by atoms with Crippen molar-refractivity contribution in [3.63, 3.8) is 0 Å². The average molecular weight is 355 g/mol. The number of carbonyl (C=O) groups excluding carboxylic acids is 2. The highest BCUT2D eigenvalue weighted by atomic mass is 32.2. The molecule has 1 aliphatic rings. The minimum absolute atomic E-state index is 0.161. The molecule has 0 aliphatic carbocycles. The molecule has 0 radical (unpaired) electrons. The van der Waals surface area contributed by atoms with Crippen molar-refractivity contribution in [1.82, 2.24) is 4.90 Å². The monoisotopic (exact) mass is 355 g/mol. The first-order valence-corrected chi connectivity index (χ1v) is 9.39. The van der Waals surface area contributed by atoms with Crippen LogP contribution in [0.2, 0.25) is 0 Å². The van der Waals surface area contributed by atoms with Gasteiger partial charge in [0.05, 0.1) is 12.0 Å². The van der Waals surface area contributed by atoms with E-state index in [1.807, 2.05) is 40.9 Å². The Kier molecular flexibility index (Phi) is 5.60. The maximum Gasteiger partial charge on any atom is 0.257 e. The molecule has 2 aromatic carbocycles. The second kappa shape index (κ2) is 8.07. The van der Waals surface area contributed by atoms with Crippen LogP contribution in [0.3, 0.4) is 0 Å². The van der Waals surface area contributed by atoms with E-state index in [9.17, 15) is 9.59 Å². The SMILES string of the molecule is Nc1ccccc1C(=O)Nc1ccc(CC(=O)N2CCSCC2)cc1. The summed E-state index contributed by atoms with van der Waals surface area (Å²) in [7, 11) is 0. The van der Waals surface area contributed by atoms with Crippen molar-refractivity contribution in [2.45, 2.75) is 6.42 Å². The smallest absolute Gasteiger partial charge is 0.257 e. The summed E-state index contributed by atoms with van der Waals surface area (Å²) >= 11 is 1.89. The molecule has 6 heteroatoms. The van der Waals surface area contributed by atoms with Gasteiger partial charge >= 0.3 is 0 Å². The zero-order valence-corrected chi connectivity index (χ0v) is 14.7. The van der Waals surface area contributed by atoms with Gasteiger partial charge in [-0.15, -0.1) is 0 Å². The number of para-hydroxylation sites is 1. The first-order chi connectivity index (χ1) is 12.1. The number of benzene rings is 2. The Hall–Kier alpha value is -2.47. The zero-order valence-electron chi connectivity index (χ0n) is 13.9. The van der Waals surface area contributed by atoms with Gasteiger partial charge in [0.1, 0.15) is 0 Å². The van der Waals surface area contributed by atoms with Crippen LogP contribution in [0.1, 0.15) is 15.9 Å². The molecule has 3 rings (SSSR count). The van der Waals surface area contributed by atoms with E-state index in [1.54, 1.807) is 24.3 Å². The van der Waals surface area contributed by atoms with E-state index in [0.717, 1.165) is 30.2 Å². The van der Waals surface area contributed by atoms with Crippen LogP contribution in [0.5, 0.6) is 0 Å². The Bertz CT molecular complexity index is 756. The van der Waals surface area contributed by atoms with E-state index in [0.29, 0.717) is 23.4 Å². The highest BCUT2D eigenvalue weighted by Crippen LogP contribution is 2.16. The van der Waals surface area contributed by atoms with Crippen molar-refractivity contribution >= 4 is 35.0 Å². The third-order valence-electron chi connectivity index (χ3n) is 4.14. The lowest BCUT2D eigenvalue weighted by atomic mass is 10.1. The number of nitrogens with two attached hydrogens (primary N) is 1. The fourth-order valence-electron chi connectivity index (χ4n) is 2.71. The number of hydrogen-bond donors (Lipinski definition) is 2. The third kappa shape index (κ3) is 4.54. The van der Waals surface area contributed by atoms with Crippen molar-refractivity contribution in [3.8, 4) is 0 Å². The quantitative estimate of drug-likeness (QED) is 0.827.